The number of thiazole rings is 1. The smallest absolute Gasteiger partial charge is 0.166 e. The quantitative estimate of drug-likeness (QED) is 0.586. The average Bonchev–Trinajstić information content (AvgIpc) is 2.72. The van der Waals surface area contributed by atoms with Crippen molar-refractivity contribution < 1.29 is 4.74 Å². The molecule has 0 aromatic carbocycles. The summed E-state index contributed by atoms with van der Waals surface area (Å²) in [5.74, 6) is 0. The molecule has 0 aliphatic carbocycles. The van der Waals surface area contributed by atoms with Crippen LogP contribution in [-0.2, 0) is 11.3 Å². The largest absolute Gasteiger partial charge is 0.382 e. The molecule has 0 radical (unpaired) electrons. The predicted octanol–water partition coefficient (Wildman–Crippen LogP) is 1.84. The third-order valence-corrected chi connectivity index (χ3v) is 3.16. The second kappa shape index (κ2) is 8.38. The Labute approximate surface area is 112 Å². The van der Waals surface area contributed by atoms with Gasteiger partial charge in [-0.1, -0.05) is 0 Å². The first-order chi connectivity index (χ1) is 8.22. The standard InChI is InChI=1S/C11H19N3OS2/c1-3-15-6-4-5-12-11(16)13-7-10-8-17-9(2)14-10/h8H,3-7H2,1-2H3,(H2,12,13,16). The monoisotopic (exact) mass is 273 g/mol. The third kappa shape index (κ3) is 6.55. The molecule has 0 atom stereocenters. The summed E-state index contributed by atoms with van der Waals surface area (Å²) in [6.45, 7) is 7.06. The molecule has 0 unspecified atom stereocenters. The van der Waals surface area contributed by atoms with Crippen molar-refractivity contribution in [3.8, 4) is 0 Å². The minimum absolute atomic E-state index is 0.673. The average molecular weight is 273 g/mol. The lowest BCUT2D eigenvalue weighted by Gasteiger charge is -2.09. The minimum Gasteiger partial charge on any atom is -0.382 e. The molecule has 0 amide bonds. The van der Waals surface area contributed by atoms with Crippen molar-refractivity contribution in [2.45, 2.75) is 26.8 Å². The highest BCUT2D eigenvalue weighted by Crippen LogP contribution is 2.06. The molecular formula is C11H19N3OS2. The van der Waals surface area contributed by atoms with Gasteiger partial charge in [0.15, 0.2) is 5.11 Å². The number of nitrogens with zero attached hydrogens (tertiary/aromatic N) is 1. The molecule has 1 heterocycles. The van der Waals surface area contributed by atoms with Gasteiger partial charge in [0.1, 0.15) is 0 Å². The third-order valence-electron chi connectivity index (χ3n) is 2.05. The summed E-state index contributed by atoms with van der Waals surface area (Å²) in [7, 11) is 0. The van der Waals surface area contributed by atoms with E-state index in [0.717, 1.165) is 36.9 Å². The van der Waals surface area contributed by atoms with Crippen molar-refractivity contribution in [2.24, 2.45) is 0 Å². The molecule has 0 aliphatic rings. The van der Waals surface area contributed by atoms with Gasteiger partial charge in [0, 0.05) is 25.1 Å². The number of thiocarbonyl (C=S) groups is 1. The fourth-order valence-electron chi connectivity index (χ4n) is 1.24. The van der Waals surface area contributed by atoms with Crippen LogP contribution in [0.3, 0.4) is 0 Å². The molecule has 6 heteroatoms. The number of hydrogen-bond acceptors (Lipinski definition) is 4. The number of aryl methyl sites for hydroxylation is 1. The van der Waals surface area contributed by atoms with Crippen LogP contribution in [0.2, 0.25) is 0 Å². The molecule has 0 spiro atoms. The van der Waals surface area contributed by atoms with Crippen LogP contribution in [0.15, 0.2) is 5.38 Å². The van der Waals surface area contributed by atoms with Crippen molar-refractivity contribution >= 4 is 28.7 Å². The summed E-state index contributed by atoms with van der Waals surface area (Å²) in [6, 6.07) is 0. The molecule has 0 saturated heterocycles. The number of ether oxygens (including phenoxy) is 1. The van der Waals surface area contributed by atoms with Crippen molar-refractivity contribution in [3.63, 3.8) is 0 Å². The van der Waals surface area contributed by atoms with E-state index in [1.54, 1.807) is 11.3 Å². The van der Waals surface area contributed by atoms with E-state index in [9.17, 15) is 0 Å². The van der Waals surface area contributed by atoms with Crippen LogP contribution in [-0.4, -0.2) is 29.9 Å². The first-order valence-corrected chi connectivity index (χ1v) is 7.01. The Bertz CT molecular complexity index is 341. The van der Waals surface area contributed by atoms with Crippen molar-refractivity contribution in [1.29, 1.82) is 0 Å². The van der Waals surface area contributed by atoms with E-state index in [0.29, 0.717) is 11.7 Å². The molecule has 1 aromatic rings. The van der Waals surface area contributed by atoms with Gasteiger partial charge < -0.3 is 15.4 Å². The highest BCUT2D eigenvalue weighted by Gasteiger charge is 1.99. The topological polar surface area (TPSA) is 46.2 Å². The van der Waals surface area contributed by atoms with Crippen LogP contribution < -0.4 is 10.6 Å². The fraction of sp³-hybridized carbons (Fsp3) is 0.636. The lowest BCUT2D eigenvalue weighted by atomic mass is 10.4. The highest BCUT2D eigenvalue weighted by atomic mass is 32.1. The maximum atomic E-state index is 5.24. The van der Waals surface area contributed by atoms with E-state index in [1.165, 1.54) is 0 Å². The summed E-state index contributed by atoms with van der Waals surface area (Å²) >= 11 is 6.80. The SMILES string of the molecule is CCOCCCNC(=S)NCc1csc(C)n1. The highest BCUT2D eigenvalue weighted by molar-refractivity contribution is 7.80. The van der Waals surface area contributed by atoms with E-state index in [1.807, 2.05) is 19.2 Å². The molecule has 4 nitrogen and oxygen atoms in total. The van der Waals surface area contributed by atoms with Crippen LogP contribution >= 0.6 is 23.6 Å². The number of hydrogen-bond donors (Lipinski definition) is 2. The Morgan fingerprint density at radius 1 is 1.53 bits per heavy atom. The van der Waals surface area contributed by atoms with Crippen molar-refractivity contribution in [3.05, 3.63) is 16.1 Å². The number of nitrogens with one attached hydrogen (secondary N) is 2. The summed E-state index contributed by atoms with van der Waals surface area (Å²) in [6.07, 6.45) is 0.964. The normalized spacial score (nSPS) is 10.2. The van der Waals surface area contributed by atoms with Gasteiger partial charge in [-0.15, -0.1) is 11.3 Å². The van der Waals surface area contributed by atoms with Crippen LogP contribution in [0.25, 0.3) is 0 Å². The van der Waals surface area contributed by atoms with E-state index in [-0.39, 0.29) is 0 Å². The maximum absolute atomic E-state index is 5.24. The Morgan fingerprint density at radius 3 is 3.00 bits per heavy atom. The number of aromatic nitrogens is 1. The molecule has 96 valence electrons. The molecule has 1 aromatic heterocycles. The van der Waals surface area contributed by atoms with Gasteiger partial charge in [-0.05, 0) is 32.5 Å². The van der Waals surface area contributed by atoms with Gasteiger partial charge >= 0.3 is 0 Å². The molecule has 0 fully saturated rings. The van der Waals surface area contributed by atoms with E-state index >= 15 is 0 Å². The zero-order valence-electron chi connectivity index (χ0n) is 10.3. The second-order valence-corrected chi connectivity index (χ2v) is 4.99. The first-order valence-electron chi connectivity index (χ1n) is 5.72. The molecule has 0 saturated carbocycles. The van der Waals surface area contributed by atoms with E-state index in [4.69, 9.17) is 17.0 Å². The zero-order valence-corrected chi connectivity index (χ0v) is 11.9. The lowest BCUT2D eigenvalue weighted by Crippen LogP contribution is -2.35. The van der Waals surface area contributed by atoms with Crippen LogP contribution in [0, 0.1) is 6.92 Å². The predicted molar refractivity (Wildman–Crippen MR) is 75.4 cm³/mol. The van der Waals surface area contributed by atoms with Gasteiger partial charge in [0.05, 0.1) is 17.2 Å². The van der Waals surface area contributed by atoms with Crippen LogP contribution in [0.4, 0.5) is 0 Å². The Morgan fingerprint density at radius 2 is 2.35 bits per heavy atom. The molecule has 0 bridgehead atoms. The summed E-state index contributed by atoms with van der Waals surface area (Å²) in [4.78, 5) is 4.35. The van der Waals surface area contributed by atoms with Crippen LogP contribution in [0.5, 0.6) is 0 Å². The van der Waals surface area contributed by atoms with Gasteiger partial charge in [-0.25, -0.2) is 4.98 Å². The van der Waals surface area contributed by atoms with Gasteiger partial charge in [0.2, 0.25) is 0 Å². The van der Waals surface area contributed by atoms with Gasteiger partial charge in [0.25, 0.3) is 0 Å². The summed E-state index contributed by atoms with van der Waals surface area (Å²) < 4.78 is 5.24. The molecule has 2 N–H and O–H groups in total. The van der Waals surface area contributed by atoms with Crippen molar-refractivity contribution in [1.82, 2.24) is 15.6 Å². The second-order valence-electron chi connectivity index (χ2n) is 3.52. The number of rotatable bonds is 7. The Balaban J connectivity index is 2.05. The van der Waals surface area contributed by atoms with E-state index in [2.05, 4.69) is 15.6 Å². The molecule has 17 heavy (non-hydrogen) atoms. The first kappa shape index (κ1) is 14.3. The van der Waals surface area contributed by atoms with E-state index < -0.39 is 0 Å². The lowest BCUT2D eigenvalue weighted by molar-refractivity contribution is 0.145. The van der Waals surface area contributed by atoms with Gasteiger partial charge in [-0.3, -0.25) is 0 Å². The molecule has 1 rings (SSSR count). The Hall–Kier alpha value is -0.720. The fourth-order valence-corrected chi connectivity index (χ4v) is 2.03. The minimum atomic E-state index is 0.673. The summed E-state index contributed by atoms with van der Waals surface area (Å²) in [5, 5.41) is 10.1. The molecule has 0 aliphatic heterocycles. The van der Waals surface area contributed by atoms with Gasteiger partial charge in [-0.2, -0.15) is 0 Å². The van der Waals surface area contributed by atoms with Crippen molar-refractivity contribution in [2.75, 3.05) is 19.8 Å². The molecular weight excluding hydrogens is 254 g/mol. The van der Waals surface area contributed by atoms with Crippen LogP contribution in [0.1, 0.15) is 24.0 Å². The zero-order chi connectivity index (χ0) is 12.5. The Kier molecular flexibility index (Phi) is 7.07. The summed E-state index contributed by atoms with van der Waals surface area (Å²) in [5.41, 5.74) is 1.03. The maximum Gasteiger partial charge on any atom is 0.166 e.